The maximum atomic E-state index is 9.05. The summed E-state index contributed by atoms with van der Waals surface area (Å²) in [5.41, 5.74) is 6.55. The monoisotopic (exact) mass is 464 g/mol. The van der Waals surface area contributed by atoms with E-state index in [-0.39, 0.29) is 6.10 Å². The summed E-state index contributed by atoms with van der Waals surface area (Å²) in [4.78, 5) is 9.57. The van der Waals surface area contributed by atoms with Gasteiger partial charge < -0.3 is 9.84 Å². The van der Waals surface area contributed by atoms with E-state index in [0.717, 1.165) is 51.8 Å². The van der Waals surface area contributed by atoms with E-state index in [9.17, 15) is 0 Å². The number of unbranched alkanes of at least 4 members (excludes halogenated alkanes) is 1. The van der Waals surface area contributed by atoms with Gasteiger partial charge in [-0.25, -0.2) is 9.67 Å². The van der Waals surface area contributed by atoms with Crippen LogP contribution in [0.2, 0.25) is 0 Å². The van der Waals surface area contributed by atoms with Crippen molar-refractivity contribution in [2.75, 3.05) is 7.11 Å². The highest BCUT2D eigenvalue weighted by molar-refractivity contribution is 5.73. The number of hydrogen-bond donors (Lipinski definition) is 1. The van der Waals surface area contributed by atoms with E-state index < -0.39 is 0 Å². The maximum absolute atomic E-state index is 9.05. The second-order valence-corrected chi connectivity index (χ2v) is 8.76. The topological polar surface area (TPSA) is 73.1 Å². The summed E-state index contributed by atoms with van der Waals surface area (Å²) in [6, 6.07) is 7.87. The van der Waals surface area contributed by atoms with Crippen LogP contribution in [0.1, 0.15) is 71.0 Å². The summed E-state index contributed by atoms with van der Waals surface area (Å²) in [5, 5.41) is 13.3. The van der Waals surface area contributed by atoms with Gasteiger partial charge in [0.15, 0.2) is 0 Å². The normalized spacial score (nSPS) is 13.1. The van der Waals surface area contributed by atoms with E-state index in [0.29, 0.717) is 5.92 Å². The predicted octanol–water partition coefficient (Wildman–Crippen LogP) is 6.57. The maximum Gasteiger partial charge on any atom is 0.130 e. The zero-order valence-corrected chi connectivity index (χ0v) is 22.0. The molecule has 0 aliphatic rings. The summed E-state index contributed by atoms with van der Waals surface area (Å²) < 4.78 is 7.43. The fourth-order valence-electron chi connectivity index (χ4n) is 3.60. The Bertz CT molecular complexity index is 1070. The van der Waals surface area contributed by atoms with Crippen LogP contribution in [-0.2, 0) is 0 Å². The molecule has 1 N–H and O–H groups in total. The van der Waals surface area contributed by atoms with Crippen LogP contribution in [0.25, 0.3) is 22.5 Å². The number of hydrogen-bond acceptors (Lipinski definition) is 5. The first-order valence-corrected chi connectivity index (χ1v) is 12.1. The lowest BCUT2D eigenvalue weighted by Gasteiger charge is -2.14. The number of benzene rings is 1. The quantitative estimate of drug-likeness (QED) is 0.408. The zero-order chi connectivity index (χ0) is 25.3. The van der Waals surface area contributed by atoms with Gasteiger partial charge in [0.05, 0.1) is 41.7 Å². The highest BCUT2D eigenvalue weighted by Gasteiger charge is 2.16. The molecule has 0 fully saturated rings. The second-order valence-electron chi connectivity index (χ2n) is 8.76. The average molecular weight is 465 g/mol. The number of aryl methyl sites for hydroxylation is 2. The molecule has 2 atom stereocenters. The van der Waals surface area contributed by atoms with Gasteiger partial charge in [-0.05, 0) is 70.7 Å². The van der Waals surface area contributed by atoms with E-state index in [1.807, 2.05) is 71.2 Å². The van der Waals surface area contributed by atoms with Gasteiger partial charge in [-0.2, -0.15) is 5.10 Å². The molecule has 3 aromatic rings. The van der Waals surface area contributed by atoms with Crippen molar-refractivity contribution in [2.45, 2.75) is 73.8 Å². The van der Waals surface area contributed by atoms with Crippen LogP contribution in [0.5, 0.6) is 5.75 Å². The van der Waals surface area contributed by atoms with Crippen molar-refractivity contribution in [1.82, 2.24) is 19.7 Å². The van der Waals surface area contributed by atoms with E-state index in [1.165, 1.54) is 12.8 Å². The lowest BCUT2D eigenvalue weighted by molar-refractivity contribution is 0.128. The predicted molar refractivity (Wildman–Crippen MR) is 140 cm³/mol. The summed E-state index contributed by atoms with van der Waals surface area (Å²) in [7, 11) is 1.67. The Hall–Kier alpha value is -2.99. The minimum absolute atomic E-state index is 0.128. The van der Waals surface area contributed by atoms with Gasteiger partial charge in [-0.1, -0.05) is 32.8 Å². The summed E-state index contributed by atoms with van der Waals surface area (Å²) in [6.45, 7) is 14.2. The zero-order valence-electron chi connectivity index (χ0n) is 22.0. The van der Waals surface area contributed by atoms with Gasteiger partial charge in [0.1, 0.15) is 5.75 Å². The van der Waals surface area contributed by atoms with Gasteiger partial charge in [0.25, 0.3) is 0 Å². The number of aliphatic hydroxyl groups is 1. The third-order valence-corrected chi connectivity index (χ3v) is 6.10. The van der Waals surface area contributed by atoms with Crippen LogP contribution in [-0.4, -0.2) is 38.1 Å². The van der Waals surface area contributed by atoms with Crippen molar-refractivity contribution in [3.8, 4) is 22.7 Å². The van der Waals surface area contributed by atoms with Crippen molar-refractivity contribution in [1.29, 1.82) is 0 Å². The van der Waals surface area contributed by atoms with E-state index in [4.69, 9.17) is 19.8 Å². The van der Waals surface area contributed by atoms with Gasteiger partial charge >= 0.3 is 0 Å². The number of methoxy groups -OCH3 is 1. The molecule has 0 spiro atoms. The lowest BCUT2D eigenvalue weighted by Crippen LogP contribution is -2.12. The minimum Gasteiger partial charge on any atom is -0.496 e. The standard InChI is InChI=1S/C20H22N4O.C8H18O/c1-6-13(2)19-14(3)22-15(4)20(23-19)17-9-8-16(12-18(17)25-5)24-11-7-10-21-24;1-4-5-6-7(2)8(3)9/h6-12H,1-5H3;7-9H,4-6H2,1-3H3/b13-6-;. The Labute approximate surface area is 204 Å². The molecule has 1 aromatic carbocycles. The molecule has 2 unspecified atom stereocenters. The first kappa shape index (κ1) is 27.3. The molecule has 2 heterocycles. The Kier molecular flexibility index (Phi) is 10.5. The minimum atomic E-state index is -0.128. The fraction of sp³-hybridized carbons (Fsp3) is 0.464. The van der Waals surface area contributed by atoms with Gasteiger partial charge in [-0.15, -0.1) is 0 Å². The first-order valence-electron chi connectivity index (χ1n) is 12.1. The third-order valence-electron chi connectivity index (χ3n) is 6.10. The van der Waals surface area contributed by atoms with E-state index in [2.05, 4.69) is 18.9 Å². The summed E-state index contributed by atoms with van der Waals surface area (Å²) in [6.07, 6.45) is 9.21. The third kappa shape index (κ3) is 7.00. The molecule has 6 nitrogen and oxygen atoms in total. The smallest absolute Gasteiger partial charge is 0.130 e. The molecule has 0 amide bonds. The van der Waals surface area contributed by atoms with E-state index in [1.54, 1.807) is 18.0 Å². The molecule has 34 heavy (non-hydrogen) atoms. The van der Waals surface area contributed by atoms with Gasteiger partial charge in [0.2, 0.25) is 0 Å². The molecular formula is C28H40N4O2. The molecule has 0 saturated carbocycles. The highest BCUT2D eigenvalue weighted by Crippen LogP contribution is 2.33. The number of nitrogens with zero attached hydrogens (tertiary/aromatic N) is 4. The molecule has 3 rings (SSSR count). The van der Waals surface area contributed by atoms with Crippen molar-refractivity contribution in [3.63, 3.8) is 0 Å². The van der Waals surface area contributed by atoms with Crippen molar-refractivity contribution in [2.24, 2.45) is 5.92 Å². The summed E-state index contributed by atoms with van der Waals surface area (Å²) in [5.74, 6) is 1.23. The van der Waals surface area contributed by atoms with Crippen LogP contribution in [0.4, 0.5) is 0 Å². The average Bonchev–Trinajstić information content (AvgIpc) is 3.37. The van der Waals surface area contributed by atoms with Crippen molar-refractivity contribution < 1.29 is 9.84 Å². The lowest BCUT2D eigenvalue weighted by atomic mass is 10.00. The number of allylic oxidation sites excluding steroid dienone is 2. The largest absolute Gasteiger partial charge is 0.496 e. The number of aromatic nitrogens is 4. The first-order chi connectivity index (χ1) is 16.2. The molecule has 0 saturated heterocycles. The molecule has 0 radical (unpaired) electrons. The number of ether oxygens (including phenoxy) is 1. The molecule has 2 aromatic heterocycles. The Morgan fingerprint density at radius 1 is 1.18 bits per heavy atom. The van der Waals surface area contributed by atoms with Crippen LogP contribution >= 0.6 is 0 Å². The Balaban J connectivity index is 0.000000387. The SMILES string of the molecule is C/C=C(/C)c1nc(-c2ccc(-n3cccn3)cc2OC)c(C)nc1C.CCCCC(C)C(C)O. The van der Waals surface area contributed by atoms with Crippen LogP contribution in [0.15, 0.2) is 42.7 Å². The summed E-state index contributed by atoms with van der Waals surface area (Å²) >= 11 is 0. The molecule has 0 bridgehead atoms. The molecule has 0 aliphatic carbocycles. The van der Waals surface area contributed by atoms with Gasteiger partial charge in [-0.3, -0.25) is 4.98 Å². The van der Waals surface area contributed by atoms with Crippen molar-refractivity contribution in [3.05, 3.63) is 59.8 Å². The van der Waals surface area contributed by atoms with Crippen LogP contribution < -0.4 is 4.74 Å². The van der Waals surface area contributed by atoms with Crippen molar-refractivity contribution >= 4 is 5.57 Å². The molecule has 184 valence electrons. The Morgan fingerprint density at radius 3 is 2.47 bits per heavy atom. The molecule has 6 heteroatoms. The van der Waals surface area contributed by atoms with Gasteiger partial charge in [0, 0.05) is 24.0 Å². The molecule has 0 aliphatic heterocycles. The van der Waals surface area contributed by atoms with E-state index >= 15 is 0 Å². The Morgan fingerprint density at radius 2 is 1.91 bits per heavy atom. The molecular weight excluding hydrogens is 424 g/mol. The number of aliphatic hydroxyl groups excluding tert-OH is 1. The fourth-order valence-corrected chi connectivity index (χ4v) is 3.60. The number of rotatable bonds is 8. The second kappa shape index (κ2) is 13.0. The van der Waals surface area contributed by atoms with Crippen LogP contribution in [0, 0.1) is 19.8 Å². The highest BCUT2D eigenvalue weighted by atomic mass is 16.5. The van der Waals surface area contributed by atoms with Crippen LogP contribution in [0.3, 0.4) is 0 Å².